The van der Waals surface area contributed by atoms with Gasteiger partial charge in [0.15, 0.2) is 0 Å². The lowest BCUT2D eigenvalue weighted by molar-refractivity contribution is 0.0220. The van der Waals surface area contributed by atoms with E-state index in [-0.39, 0.29) is 12.7 Å². The molecule has 0 unspecified atom stereocenters. The van der Waals surface area contributed by atoms with Crippen molar-refractivity contribution in [3.8, 4) is 5.88 Å². The van der Waals surface area contributed by atoms with E-state index in [4.69, 9.17) is 21.1 Å². The van der Waals surface area contributed by atoms with Crippen molar-refractivity contribution < 1.29 is 18.7 Å². The molecule has 1 aromatic carbocycles. The number of halogens is 3. The molecule has 1 aliphatic rings. The molecule has 29 heavy (non-hydrogen) atoms. The van der Waals surface area contributed by atoms with Crippen molar-refractivity contribution in [2.75, 3.05) is 6.54 Å². The normalized spacial score (nSPS) is 13.8. The van der Waals surface area contributed by atoms with Crippen LogP contribution >= 0.6 is 34.2 Å². The van der Waals surface area contributed by atoms with Crippen molar-refractivity contribution in [2.45, 2.75) is 52.9 Å². The van der Waals surface area contributed by atoms with E-state index in [2.05, 4.69) is 27.6 Å². The molecule has 0 N–H and O–H groups in total. The third kappa shape index (κ3) is 5.51. The number of fused-ring (bicyclic) bond motifs is 1. The Balaban J connectivity index is 1.76. The van der Waals surface area contributed by atoms with Gasteiger partial charge in [-0.3, -0.25) is 0 Å². The molecule has 0 aliphatic carbocycles. The van der Waals surface area contributed by atoms with Crippen LogP contribution in [0.15, 0.2) is 18.2 Å². The fourth-order valence-electron chi connectivity index (χ4n) is 3.01. The van der Waals surface area contributed by atoms with Gasteiger partial charge in [-0.05, 0) is 86.0 Å². The van der Waals surface area contributed by atoms with E-state index in [9.17, 15) is 9.18 Å². The van der Waals surface area contributed by atoms with Gasteiger partial charge in [0.1, 0.15) is 18.0 Å². The molecule has 2 heterocycles. The standard InChI is InChI=1S/C21H23ClFIN2O3/c1-12-7-15(22)14(16(23)8-12)11-28-19-17(24)9-13-5-6-26(10-18(13)25-19)20(27)29-21(2,3)4/h7-9H,5-6,10-11H2,1-4H3. The van der Waals surface area contributed by atoms with Crippen molar-refractivity contribution in [1.82, 2.24) is 9.88 Å². The summed E-state index contributed by atoms with van der Waals surface area (Å²) in [7, 11) is 0. The second-order valence-corrected chi connectivity index (χ2v) is 9.60. The lowest BCUT2D eigenvalue weighted by atomic mass is 10.1. The van der Waals surface area contributed by atoms with E-state index in [1.807, 2.05) is 26.8 Å². The van der Waals surface area contributed by atoms with Crippen molar-refractivity contribution in [3.05, 3.63) is 55.0 Å². The Morgan fingerprint density at radius 1 is 1.34 bits per heavy atom. The zero-order valence-electron chi connectivity index (χ0n) is 16.8. The van der Waals surface area contributed by atoms with E-state index in [0.29, 0.717) is 36.0 Å². The van der Waals surface area contributed by atoms with Gasteiger partial charge in [0, 0.05) is 12.1 Å². The summed E-state index contributed by atoms with van der Waals surface area (Å²) in [6.45, 7) is 8.19. The van der Waals surface area contributed by atoms with Gasteiger partial charge in [0.2, 0.25) is 5.88 Å². The Labute approximate surface area is 188 Å². The Morgan fingerprint density at radius 3 is 2.72 bits per heavy atom. The Morgan fingerprint density at radius 2 is 2.07 bits per heavy atom. The van der Waals surface area contributed by atoms with Gasteiger partial charge >= 0.3 is 6.09 Å². The highest BCUT2D eigenvalue weighted by Gasteiger charge is 2.27. The van der Waals surface area contributed by atoms with Gasteiger partial charge in [0.25, 0.3) is 0 Å². The third-order valence-corrected chi connectivity index (χ3v) is 5.50. The first-order valence-corrected chi connectivity index (χ1v) is 10.7. The lowest BCUT2D eigenvalue weighted by Crippen LogP contribution is -2.40. The Kier molecular flexibility index (Phi) is 6.57. The summed E-state index contributed by atoms with van der Waals surface area (Å²) >= 11 is 8.31. The number of ether oxygens (including phenoxy) is 2. The van der Waals surface area contributed by atoms with Crippen LogP contribution in [-0.4, -0.2) is 28.1 Å². The summed E-state index contributed by atoms with van der Waals surface area (Å²) in [5.41, 5.74) is 2.32. The van der Waals surface area contributed by atoms with Gasteiger partial charge < -0.3 is 14.4 Å². The fraction of sp³-hybridized carbons (Fsp3) is 0.429. The van der Waals surface area contributed by atoms with Crippen molar-refractivity contribution in [2.24, 2.45) is 0 Å². The van der Waals surface area contributed by atoms with E-state index in [1.165, 1.54) is 6.07 Å². The smallest absolute Gasteiger partial charge is 0.410 e. The van der Waals surface area contributed by atoms with Gasteiger partial charge in [-0.2, -0.15) is 0 Å². The summed E-state index contributed by atoms with van der Waals surface area (Å²) in [5.74, 6) is -0.00880. The monoisotopic (exact) mass is 532 g/mol. The molecule has 1 aromatic heterocycles. The zero-order valence-corrected chi connectivity index (χ0v) is 19.7. The number of hydrogen-bond acceptors (Lipinski definition) is 4. The second kappa shape index (κ2) is 8.63. The molecule has 0 radical (unpaired) electrons. The highest BCUT2D eigenvalue weighted by Crippen LogP contribution is 2.29. The van der Waals surface area contributed by atoms with Crippen LogP contribution < -0.4 is 4.74 Å². The third-order valence-electron chi connectivity index (χ3n) is 4.39. The minimum Gasteiger partial charge on any atom is -0.472 e. The predicted molar refractivity (Wildman–Crippen MR) is 118 cm³/mol. The van der Waals surface area contributed by atoms with Crippen molar-refractivity contribution >= 4 is 40.3 Å². The Hall–Kier alpha value is -1.61. The summed E-state index contributed by atoms with van der Waals surface area (Å²) in [6, 6.07) is 5.12. The van der Waals surface area contributed by atoms with Crippen LogP contribution in [0, 0.1) is 16.3 Å². The van der Waals surface area contributed by atoms with Crippen LogP contribution in [0.5, 0.6) is 5.88 Å². The number of hydrogen-bond donors (Lipinski definition) is 0. The molecule has 0 spiro atoms. The molecular weight excluding hydrogens is 510 g/mol. The number of amides is 1. The largest absolute Gasteiger partial charge is 0.472 e. The topological polar surface area (TPSA) is 51.7 Å². The molecule has 5 nitrogen and oxygen atoms in total. The summed E-state index contributed by atoms with van der Waals surface area (Å²) in [4.78, 5) is 18.6. The maximum atomic E-state index is 14.2. The van der Waals surface area contributed by atoms with Gasteiger partial charge in [-0.15, -0.1) is 0 Å². The maximum absolute atomic E-state index is 14.2. The number of pyridine rings is 1. The molecule has 0 bridgehead atoms. The van der Waals surface area contributed by atoms with Gasteiger partial charge in [-0.1, -0.05) is 11.6 Å². The molecule has 0 fully saturated rings. The SMILES string of the molecule is Cc1cc(F)c(COc2nc3c(cc2I)CCN(C(=O)OC(C)(C)C)C3)c(Cl)c1. The maximum Gasteiger partial charge on any atom is 0.410 e. The van der Waals surface area contributed by atoms with Crippen LogP contribution in [-0.2, 0) is 24.3 Å². The fourth-order valence-corrected chi connectivity index (χ4v) is 3.98. The van der Waals surface area contributed by atoms with Crippen molar-refractivity contribution in [1.29, 1.82) is 0 Å². The average Bonchev–Trinajstić information content (AvgIpc) is 2.59. The molecular formula is C21H23ClFIN2O3. The number of carbonyl (C=O) groups excluding carboxylic acids is 1. The molecule has 1 amide bonds. The minimum atomic E-state index is -0.553. The lowest BCUT2D eigenvalue weighted by Gasteiger charge is -2.31. The number of benzene rings is 1. The molecule has 0 saturated heterocycles. The van der Waals surface area contributed by atoms with E-state index in [0.717, 1.165) is 20.4 Å². The molecule has 8 heteroatoms. The predicted octanol–water partition coefficient (Wildman–Crippen LogP) is 5.66. The highest BCUT2D eigenvalue weighted by molar-refractivity contribution is 14.1. The number of nitrogens with zero attached hydrogens (tertiary/aromatic N) is 2. The van der Waals surface area contributed by atoms with E-state index in [1.54, 1.807) is 17.9 Å². The number of aromatic nitrogens is 1. The number of aryl methyl sites for hydroxylation is 1. The van der Waals surface area contributed by atoms with E-state index < -0.39 is 11.4 Å². The van der Waals surface area contributed by atoms with E-state index >= 15 is 0 Å². The second-order valence-electron chi connectivity index (χ2n) is 8.03. The van der Waals surface area contributed by atoms with Crippen molar-refractivity contribution in [3.63, 3.8) is 0 Å². The molecule has 0 atom stereocenters. The number of carbonyl (C=O) groups is 1. The van der Waals surface area contributed by atoms with Crippen LogP contribution in [0.3, 0.4) is 0 Å². The molecule has 3 rings (SSSR count). The minimum absolute atomic E-state index is 0.0253. The molecule has 0 saturated carbocycles. The molecule has 156 valence electrons. The first-order chi connectivity index (χ1) is 13.5. The van der Waals surface area contributed by atoms with Crippen LogP contribution in [0.25, 0.3) is 0 Å². The van der Waals surface area contributed by atoms with Gasteiger partial charge in [-0.25, -0.2) is 14.2 Å². The van der Waals surface area contributed by atoms with Crippen LogP contribution in [0.2, 0.25) is 5.02 Å². The first-order valence-electron chi connectivity index (χ1n) is 9.27. The zero-order chi connectivity index (χ0) is 21.3. The Bertz CT molecular complexity index is 923. The first kappa shape index (κ1) is 22.1. The van der Waals surface area contributed by atoms with Crippen LogP contribution in [0.1, 0.15) is 43.2 Å². The quantitative estimate of drug-likeness (QED) is 0.479. The highest BCUT2D eigenvalue weighted by atomic mass is 127. The van der Waals surface area contributed by atoms with Gasteiger partial charge in [0.05, 0.1) is 20.8 Å². The molecule has 2 aromatic rings. The summed E-state index contributed by atoms with van der Waals surface area (Å²) < 4.78 is 26.3. The number of rotatable bonds is 3. The average molecular weight is 533 g/mol. The summed E-state index contributed by atoms with van der Waals surface area (Å²) in [6.07, 6.45) is 0.329. The molecule has 1 aliphatic heterocycles. The van der Waals surface area contributed by atoms with Crippen LogP contribution in [0.4, 0.5) is 9.18 Å². The summed E-state index contributed by atoms with van der Waals surface area (Å²) in [5, 5.41) is 0.326.